The van der Waals surface area contributed by atoms with Crippen LogP contribution in [0, 0.1) is 0 Å². The number of carbonyl (C=O) groups is 2. The van der Waals surface area contributed by atoms with Crippen LogP contribution in [0.15, 0.2) is 42.6 Å². The summed E-state index contributed by atoms with van der Waals surface area (Å²) in [6, 6.07) is 10.3. The summed E-state index contributed by atoms with van der Waals surface area (Å²) in [5.74, 6) is -0.362. The number of carbonyl (C=O) groups excluding carboxylic acids is 2. The summed E-state index contributed by atoms with van der Waals surface area (Å²) in [5.41, 5.74) is 1.48. The van der Waals surface area contributed by atoms with Gasteiger partial charge in [-0.2, -0.15) is 0 Å². The van der Waals surface area contributed by atoms with Crippen molar-refractivity contribution in [1.29, 1.82) is 0 Å². The smallest absolute Gasteiger partial charge is 0.338 e. The van der Waals surface area contributed by atoms with Crippen molar-refractivity contribution in [2.75, 3.05) is 20.8 Å². The third-order valence-electron chi connectivity index (χ3n) is 3.89. The minimum atomic E-state index is -0.680. The fraction of sp³-hybridized carbons (Fsp3) is 0.158. The number of esters is 1. The summed E-state index contributed by atoms with van der Waals surface area (Å²) >= 11 is 6.08. The molecular weight excluding hydrogens is 358 g/mol. The van der Waals surface area contributed by atoms with E-state index in [1.165, 1.54) is 26.4 Å². The van der Waals surface area contributed by atoms with Gasteiger partial charge in [-0.1, -0.05) is 29.8 Å². The molecule has 3 rings (SSSR count). The standard InChI is InChI=1S/C19H16ClNO5/c1-24-17-8-11(7-14(20)18(17)25-2)19(23)26-10-16(22)13-9-21-15-6-4-3-5-12(13)15/h3-9,21H,10H2,1-2H3. The van der Waals surface area contributed by atoms with E-state index in [2.05, 4.69) is 4.98 Å². The third kappa shape index (κ3) is 3.36. The van der Waals surface area contributed by atoms with Gasteiger partial charge < -0.3 is 19.2 Å². The molecule has 1 N–H and O–H groups in total. The van der Waals surface area contributed by atoms with E-state index in [4.69, 9.17) is 25.8 Å². The first kappa shape index (κ1) is 17.8. The van der Waals surface area contributed by atoms with Crippen LogP contribution >= 0.6 is 11.6 Å². The number of methoxy groups -OCH3 is 2. The van der Waals surface area contributed by atoms with Crippen LogP contribution in [0.2, 0.25) is 5.02 Å². The monoisotopic (exact) mass is 373 g/mol. The first-order chi connectivity index (χ1) is 12.5. The average Bonchev–Trinajstić information content (AvgIpc) is 3.09. The van der Waals surface area contributed by atoms with E-state index in [-0.39, 0.29) is 23.0 Å². The Bertz CT molecular complexity index is 979. The molecule has 1 aromatic heterocycles. The van der Waals surface area contributed by atoms with E-state index >= 15 is 0 Å². The zero-order chi connectivity index (χ0) is 18.7. The average molecular weight is 374 g/mol. The number of fused-ring (bicyclic) bond motifs is 1. The third-order valence-corrected chi connectivity index (χ3v) is 4.17. The summed E-state index contributed by atoms with van der Waals surface area (Å²) in [4.78, 5) is 27.7. The maximum Gasteiger partial charge on any atom is 0.338 e. The van der Waals surface area contributed by atoms with Gasteiger partial charge in [0.2, 0.25) is 5.78 Å². The first-order valence-corrected chi connectivity index (χ1v) is 8.11. The van der Waals surface area contributed by atoms with Crippen molar-refractivity contribution in [3.63, 3.8) is 0 Å². The molecule has 134 valence electrons. The van der Waals surface area contributed by atoms with Crippen molar-refractivity contribution in [3.05, 3.63) is 58.7 Å². The molecular formula is C19H16ClNO5. The molecule has 0 radical (unpaired) electrons. The Kier molecular flexibility index (Phi) is 5.14. The Morgan fingerprint density at radius 1 is 1.12 bits per heavy atom. The summed E-state index contributed by atoms with van der Waals surface area (Å²) in [6.07, 6.45) is 1.61. The van der Waals surface area contributed by atoms with E-state index < -0.39 is 5.97 Å². The van der Waals surface area contributed by atoms with Crippen molar-refractivity contribution in [2.24, 2.45) is 0 Å². The Hall–Kier alpha value is -2.99. The van der Waals surface area contributed by atoms with Crippen molar-refractivity contribution in [1.82, 2.24) is 4.98 Å². The lowest BCUT2D eigenvalue weighted by molar-refractivity contribution is 0.0475. The molecule has 0 amide bonds. The van der Waals surface area contributed by atoms with E-state index in [9.17, 15) is 9.59 Å². The van der Waals surface area contributed by atoms with Gasteiger partial charge >= 0.3 is 5.97 Å². The van der Waals surface area contributed by atoms with Gasteiger partial charge in [0.15, 0.2) is 18.1 Å². The van der Waals surface area contributed by atoms with Crippen molar-refractivity contribution >= 4 is 34.3 Å². The zero-order valence-corrected chi connectivity index (χ0v) is 14.9. The summed E-state index contributed by atoms with van der Waals surface area (Å²) in [5, 5.41) is 0.990. The lowest BCUT2D eigenvalue weighted by atomic mass is 10.1. The molecule has 0 aliphatic rings. The number of ether oxygens (including phenoxy) is 3. The van der Waals surface area contributed by atoms with Crippen LogP contribution in [0.3, 0.4) is 0 Å². The van der Waals surface area contributed by atoms with Crippen LogP contribution in [0.5, 0.6) is 11.5 Å². The lowest BCUT2D eigenvalue weighted by Gasteiger charge is -2.11. The molecule has 0 aliphatic heterocycles. The van der Waals surface area contributed by atoms with E-state index in [1.54, 1.807) is 6.20 Å². The summed E-state index contributed by atoms with van der Waals surface area (Å²) < 4.78 is 15.4. The molecule has 0 atom stereocenters. The Morgan fingerprint density at radius 2 is 1.88 bits per heavy atom. The van der Waals surface area contributed by atoms with Gasteiger partial charge in [0.1, 0.15) is 0 Å². The first-order valence-electron chi connectivity index (χ1n) is 7.73. The van der Waals surface area contributed by atoms with Crippen LogP contribution < -0.4 is 9.47 Å². The van der Waals surface area contributed by atoms with Gasteiger partial charge in [0, 0.05) is 22.7 Å². The molecule has 0 unspecified atom stereocenters. The van der Waals surface area contributed by atoms with Gasteiger partial charge in [-0.05, 0) is 18.2 Å². The minimum absolute atomic E-state index is 0.166. The molecule has 6 nitrogen and oxygen atoms in total. The molecule has 0 saturated carbocycles. The number of ketones is 1. The maximum atomic E-state index is 12.4. The van der Waals surface area contributed by atoms with Crippen LogP contribution in [0.1, 0.15) is 20.7 Å². The van der Waals surface area contributed by atoms with Crippen LogP contribution in [-0.2, 0) is 4.74 Å². The van der Waals surface area contributed by atoms with Gasteiger partial charge in [-0.15, -0.1) is 0 Å². The fourth-order valence-corrected chi connectivity index (χ4v) is 2.92. The highest BCUT2D eigenvalue weighted by molar-refractivity contribution is 6.32. The maximum absolute atomic E-state index is 12.4. The molecule has 7 heteroatoms. The largest absolute Gasteiger partial charge is 0.493 e. The molecule has 0 saturated heterocycles. The molecule has 0 spiro atoms. The Labute approximate surface area is 154 Å². The molecule has 0 bridgehead atoms. The Balaban J connectivity index is 1.74. The number of aromatic nitrogens is 1. The molecule has 0 fully saturated rings. The highest BCUT2D eigenvalue weighted by Gasteiger charge is 2.18. The number of H-pyrrole nitrogens is 1. The van der Waals surface area contributed by atoms with Crippen molar-refractivity contribution < 1.29 is 23.8 Å². The van der Waals surface area contributed by atoms with Gasteiger partial charge in [-0.3, -0.25) is 4.79 Å². The minimum Gasteiger partial charge on any atom is -0.493 e. The summed E-state index contributed by atoms with van der Waals surface area (Å²) in [6.45, 7) is -0.382. The predicted molar refractivity (Wildman–Crippen MR) is 97.5 cm³/mol. The van der Waals surface area contributed by atoms with E-state index in [0.717, 1.165) is 10.9 Å². The molecule has 0 aliphatic carbocycles. The second kappa shape index (κ2) is 7.49. The quantitative estimate of drug-likeness (QED) is 0.524. The SMILES string of the molecule is COc1cc(C(=O)OCC(=O)c2c[nH]c3ccccc23)cc(Cl)c1OC. The number of benzene rings is 2. The predicted octanol–water partition coefficient (Wildman–Crippen LogP) is 3.88. The molecule has 3 aromatic rings. The number of hydrogen-bond acceptors (Lipinski definition) is 5. The number of Topliss-reactive ketones (excluding diaryl/α,β-unsaturated/α-hetero) is 1. The molecule has 2 aromatic carbocycles. The second-order valence-electron chi connectivity index (χ2n) is 5.44. The molecule has 26 heavy (non-hydrogen) atoms. The van der Waals surface area contributed by atoms with Crippen LogP contribution in [0.4, 0.5) is 0 Å². The normalized spacial score (nSPS) is 10.6. The number of hydrogen-bond donors (Lipinski definition) is 1. The highest BCUT2D eigenvalue weighted by atomic mass is 35.5. The number of aromatic amines is 1. The van der Waals surface area contributed by atoms with Gasteiger partial charge in [0.05, 0.1) is 24.8 Å². The fourth-order valence-electron chi connectivity index (χ4n) is 2.63. The Morgan fingerprint density at radius 3 is 2.62 bits per heavy atom. The number of nitrogens with one attached hydrogen (secondary N) is 1. The topological polar surface area (TPSA) is 77.6 Å². The van der Waals surface area contributed by atoms with E-state index in [1.807, 2.05) is 24.3 Å². The summed E-state index contributed by atoms with van der Waals surface area (Å²) in [7, 11) is 2.88. The zero-order valence-electron chi connectivity index (χ0n) is 14.2. The van der Waals surface area contributed by atoms with Crippen molar-refractivity contribution in [2.45, 2.75) is 0 Å². The van der Waals surface area contributed by atoms with Crippen molar-refractivity contribution in [3.8, 4) is 11.5 Å². The van der Waals surface area contributed by atoms with Crippen LogP contribution in [-0.4, -0.2) is 37.6 Å². The van der Waals surface area contributed by atoms with Gasteiger partial charge in [-0.25, -0.2) is 4.79 Å². The second-order valence-corrected chi connectivity index (χ2v) is 5.85. The number of halogens is 1. The highest BCUT2D eigenvalue weighted by Crippen LogP contribution is 2.36. The molecule has 1 heterocycles. The number of para-hydroxylation sites is 1. The van der Waals surface area contributed by atoms with E-state index in [0.29, 0.717) is 17.1 Å². The van der Waals surface area contributed by atoms with Crippen LogP contribution in [0.25, 0.3) is 10.9 Å². The lowest BCUT2D eigenvalue weighted by Crippen LogP contribution is -2.14. The van der Waals surface area contributed by atoms with Gasteiger partial charge in [0.25, 0.3) is 0 Å². The number of rotatable bonds is 6.